The molecule has 0 saturated heterocycles. The maximum absolute atomic E-state index is 14.1. The lowest BCUT2D eigenvalue weighted by atomic mass is 9.70. The zero-order chi connectivity index (χ0) is 35.1. The molecule has 1 unspecified atom stereocenters. The molecule has 0 bridgehead atoms. The number of benzene rings is 8. The highest BCUT2D eigenvalue weighted by Crippen LogP contribution is 2.63. The van der Waals surface area contributed by atoms with E-state index < -0.39 is 5.41 Å². The van der Waals surface area contributed by atoms with Gasteiger partial charge in [-0.15, -0.1) is 0 Å². The summed E-state index contributed by atoms with van der Waals surface area (Å²) >= 11 is 0. The van der Waals surface area contributed by atoms with Crippen molar-refractivity contribution >= 4 is 39.0 Å². The van der Waals surface area contributed by atoms with E-state index in [2.05, 4.69) is 169 Å². The molecule has 53 heavy (non-hydrogen) atoms. The molecule has 0 fully saturated rings. The van der Waals surface area contributed by atoms with Crippen LogP contribution < -0.4 is 10.3 Å². The molecule has 1 heterocycles. The number of fused-ring (bicyclic) bond motifs is 12. The van der Waals surface area contributed by atoms with E-state index in [1.807, 2.05) is 24.3 Å². The van der Waals surface area contributed by atoms with Crippen LogP contribution in [0.4, 0.5) is 17.1 Å². The molecule has 0 amide bonds. The van der Waals surface area contributed by atoms with E-state index in [4.69, 9.17) is 4.42 Å². The predicted octanol–water partition coefficient (Wildman–Crippen LogP) is 12.4. The minimum Gasteiger partial charge on any atom is -0.456 e. The Kier molecular flexibility index (Phi) is 6.32. The highest BCUT2D eigenvalue weighted by atomic mass is 16.3. The second-order valence-corrected chi connectivity index (χ2v) is 14.0. The molecule has 0 N–H and O–H groups in total. The molecule has 2 aliphatic rings. The summed E-state index contributed by atoms with van der Waals surface area (Å²) in [6.45, 7) is 0. The van der Waals surface area contributed by atoms with Gasteiger partial charge < -0.3 is 9.32 Å². The van der Waals surface area contributed by atoms with Gasteiger partial charge in [0.1, 0.15) is 11.2 Å². The number of nitrogens with zero attached hydrogens (tertiary/aromatic N) is 1. The fraction of sp³-hybridized carbons (Fsp3) is 0.0200. The summed E-state index contributed by atoms with van der Waals surface area (Å²) < 4.78 is 6.41. The third-order valence-corrected chi connectivity index (χ3v) is 11.3. The van der Waals surface area contributed by atoms with Gasteiger partial charge >= 0.3 is 0 Å². The lowest BCUT2D eigenvalue weighted by Crippen LogP contribution is -2.26. The Labute approximate surface area is 306 Å². The summed E-state index contributed by atoms with van der Waals surface area (Å²) in [5.74, 6) is 0. The number of hydrogen-bond acceptors (Lipinski definition) is 3. The van der Waals surface area contributed by atoms with E-state index in [1.165, 1.54) is 33.4 Å². The Balaban J connectivity index is 1.17. The molecule has 0 radical (unpaired) electrons. The lowest BCUT2D eigenvalue weighted by Gasteiger charge is -2.31. The topological polar surface area (TPSA) is 33.5 Å². The highest BCUT2D eigenvalue weighted by molar-refractivity contribution is 6.01. The Morgan fingerprint density at radius 1 is 0.377 bits per heavy atom. The number of para-hydroxylation sites is 2. The zero-order valence-corrected chi connectivity index (χ0v) is 28.7. The predicted molar refractivity (Wildman–Crippen MR) is 216 cm³/mol. The fourth-order valence-corrected chi connectivity index (χ4v) is 9.04. The molecule has 2 aliphatic carbocycles. The molecular formula is C50H31NO2. The summed E-state index contributed by atoms with van der Waals surface area (Å²) in [6.07, 6.45) is 0. The maximum atomic E-state index is 14.1. The third kappa shape index (κ3) is 4.19. The number of anilines is 3. The van der Waals surface area contributed by atoms with E-state index in [1.54, 1.807) is 0 Å². The van der Waals surface area contributed by atoms with Crippen LogP contribution in [-0.2, 0) is 5.41 Å². The van der Waals surface area contributed by atoms with Crippen molar-refractivity contribution in [1.29, 1.82) is 0 Å². The van der Waals surface area contributed by atoms with Gasteiger partial charge in [-0.3, -0.25) is 4.79 Å². The number of hydrogen-bond donors (Lipinski definition) is 0. The van der Waals surface area contributed by atoms with Gasteiger partial charge in [-0.25, -0.2) is 0 Å². The standard InChI is InChI=1S/C50H31NO2/c52-49-39-22-9-12-25-47(39)53-48-31-41-38-21-8-11-24-44(38)50(46(41)30-42(48)49)43-23-10-7-20-37(43)40-29-36(26-27-45(40)50)51(34-17-5-2-6-18-34)35-19-13-16-33(28-35)32-14-3-1-4-15-32/h1-31H. The normalized spacial score (nSPS) is 14.9. The van der Waals surface area contributed by atoms with E-state index >= 15 is 0 Å². The summed E-state index contributed by atoms with van der Waals surface area (Å²) in [5.41, 5.74) is 15.6. The molecule has 11 rings (SSSR count). The van der Waals surface area contributed by atoms with Crippen LogP contribution in [0.1, 0.15) is 22.3 Å². The van der Waals surface area contributed by atoms with Gasteiger partial charge in [0.2, 0.25) is 5.43 Å². The molecule has 0 saturated carbocycles. The Morgan fingerprint density at radius 2 is 0.962 bits per heavy atom. The smallest absolute Gasteiger partial charge is 0.200 e. The first kappa shape index (κ1) is 29.7. The van der Waals surface area contributed by atoms with Crippen LogP contribution in [0.3, 0.4) is 0 Å². The van der Waals surface area contributed by atoms with Gasteiger partial charge in [0.05, 0.1) is 16.2 Å². The monoisotopic (exact) mass is 677 g/mol. The lowest BCUT2D eigenvalue weighted by molar-refractivity contribution is 0.659. The van der Waals surface area contributed by atoms with Gasteiger partial charge in [0.15, 0.2) is 0 Å². The van der Waals surface area contributed by atoms with E-state index in [0.717, 1.165) is 39.3 Å². The third-order valence-electron chi connectivity index (χ3n) is 11.3. The molecule has 248 valence electrons. The molecule has 1 aromatic heterocycles. The van der Waals surface area contributed by atoms with Crippen LogP contribution in [0.2, 0.25) is 0 Å². The molecule has 3 nitrogen and oxygen atoms in total. The van der Waals surface area contributed by atoms with Crippen molar-refractivity contribution in [2.45, 2.75) is 5.41 Å². The second kappa shape index (κ2) is 11.3. The zero-order valence-electron chi connectivity index (χ0n) is 28.7. The molecule has 8 aromatic carbocycles. The fourth-order valence-electron chi connectivity index (χ4n) is 9.04. The largest absolute Gasteiger partial charge is 0.456 e. The van der Waals surface area contributed by atoms with Crippen molar-refractivity contribution in [3.05, 3.63) is 221 Å². The molecular weight excluding hydrogens is 647 g/mol. The molecule has 1 spiro atoms. The maximum Gasteiger partial charge on any atom is 0.200 e. The van der Waals surface area contributed by atoms with E-state index in [0.29, 0.717) is 21.9 Å². The summed E-state index contributed by atoms with van der Waals surface area (Å²) in [6, 6.07) is 66.1. The molecule has 1 atom stereocenters. The minimum atomic E-state index is -0.604. The molecule has 3 heteroatoms. The number of rotatable bonds is 4. The van der Waals surface area contributed by atoms with Crippen molar-refractivity contribution in [3.63, 3.8) is 0 Å². The van der Waals surface area contributed by atoms with Crippen molar-refractivity contribution in [2.24, 2.45) is 0 Å². The Morgan fingerprint density at radius 3 is 1.74 bits per heavy atom. The van der Waals surface area contributed by atoms with Gasteiger partial charge in [-0.1, -0.05) is 127 Å². The van der Waals surface area contributed by atoms with Crippen LogP contribution in [0, 0.1) is 0 Å². The quantitative estimate of drug-likeness (QED) is 0.174. The first-order valence-corrected chi connectivity index (χ1v) is 18.1. The van der Waals surface area contributed by atoms with Crippen LogP contribution >= 0.6 is 0 Å². The van der Waals surface area contributed by atoms with E-state index in [-0.39, 0.29) is 5.43 Å². The highest BCUT2D eigenvalue weighted by Gasteiger charge is 2.52. The van der Waals surface area contributed by atoms with Crippen LogP contribution in [0.25, 0.3) is 55.3 Å². The summed E-state index contributed by atoms with van der Waals surface area (Å²) in [7, 11) is 0. The van der Waals surface area contributed by atoms with Gasteiger partial charge in [-0.2, -0.15) is 0 Å². The average Bonchev–Trinajstić information content (AvgIpc) is 3.68. The minimum absolute atomic E-state index is 0.00570. The van der Waals surface area contributed by atoms with Gasteiger partial charge in [0.25, 0.3) is 0 Å². The Hall–Kier alpha value is -6.97. The van der Waals surface area contributed by atoms with Crippen molar-refractivity contribution in [3.8, 4) is 33.4 Å². The SMILES string of the molecule is O=c1c2ccccc2oc2cc3c(cc12)C1(c2ccccc2-c2cc(N(c4ccccc4)c4cccc(-c5ccccc5)c4)ccc21)c1ccccc1-3. The van der Waals surface area contributed by atoms with Crippen molar-refractivity contribution < 1.29 is 4.42 Å². The summed E-state index contributed by atoms with van der Waals surface area (Å²) in [5, 5.41) is 1.20. The molecule has 0 aliphatic heterocycles. The van der Waals surface area contributed by atoms with Crippen molar-refractivity contribution in [1.82, 2.24) is 0 Å². The van der Waals surface area contributed by atoms with E-state index in [9.17, 15) is 4.79 Å². The van der Waals surface area contributed by atoms with Crippen LogP contribution in [0.5, 0.6) is 0 Å². The Bertz CT molecular complexity index is 2980. The van der Waals surface area contributed by atoms with Crippen LogP contribution in [0.15, 0.2) is 197 Å². The first-order chi connectivity index (χ1) is 26.2. The first-order valence-electron chi connectivity index (χ1n) is 18.1. The van der Waals surface area contributed by atoms with Gasteiger partial charge in [-0.05, 0) is 116 Å². The second-order valence-electron chi connectivity index (χ2n) is 14.0. The van der Waals surface area contributed by atoms with Crippen LogP contribution in [-0.4, -0.2) is 0 Å². The van der Waals surface area contributed by atoms with Crippen molar-refractivity contribution in [2.75, 3.05) is 4.90 Å². The summed E-state index contributed by atoms with van der Waals surface area (Å²) in [4.78, 5) is 16.4. The van der Waals surface area contributed by atoms with Gasteiger partial charge in [0, 0.05) is 17.1 Å². The molecule has 9 aromatic rings. The average molecular weight is 678 g/mol.